The summed E-state index contributed by atoms with van der Waals surface area (Å²) >= 11 is 0. The van der Waals surface area contributed by atoms with E-state index in [1.165, 1.54) is 0 Å². The van der Waals surface area contributed by atoms with E-state index >= 15 is 0 Å². The Hall–Kier alpha value is -2.24. The first-order valence-electron chi connectivity index (χ1n) is 4.20. The maximum absolute atomic E-state index is 10.4. The van der Waals surface area contributed by atoms with Gasteiger partial charge in [-0.15, -0.1) is 0 Å². The van der Waals surface area contributed by atoms with E-state index in [9.17, 15) is 4.79 Å². The zero-order valence-electron chi connectivity index (χ0n) is 7.62. The van der Waals surface area contributed by atoms with Crippen LogP contribution in [0.15, 0.2) is 29.0 Å². The van der Waals surface area contributed by atoms with Gasteiger partial charge in [0.25, 0.3) is 0 Å². The average molecular weight is 205 g/mol. The molecule has 15 heavy (non-hydrogen) atoms. The maximum atomic E-state index is 10.4. The van der Waals surface area contributed by atoms with E-state index in [-0.39, 0.29) is 12.3 Å². The van der Waals surface area contributed by atoms with E-state index < -0.39 is 5.97 Å². The van der Waals surface area contributed by atoms with Crippen molar-refractivity contribution in [1.29, 1.82) is 0 Å². The van der Waals surface area contributed by atoms with Crippen LogP contribution >= 0.6 is 0 Å². The third kappa shape index (κ3) is 2.16. The number of hydrogen-bond acceptors (Lipinski definition) is 5. The predicted molar refractivity (Wildman–Crippen MR) is 48.9 cm³/mol. The van der Waals surface area contributed by atoms with Gasteiger partial charge in [0, 0.05) is 18.0 Å². The Morgan fingerprint density at radius 3 is 2.80 bits per heavy atom. The number of pyridine rings is 1. The van der Waals surface area contributed by atoms with Crippen molar-refractivity contribution < 1.29 is 14.4 Å². The normalized spacial score (nSPS) is 10.1. The first-order valence-corrected chi connectivity index (χ1v) is 4.20. The van der Waals surface area contributed by atoms with Crippen LogP contribution in [0.5, 0.6) is 0 Å². The molecule has 2 rings (SSSR count). The molecule has 0 saturated carbocycles. The second kappa shape index (κ2) is 3.87. The highest BCUT2D eigenvalue weighted by atomic mass is 16.5. The van der Waals surface area contributed by atoms with Crippen molar-refractivity contribution >= 4 is 5.97 Å². The highest BCUT2D eigenvalue weighted by Gasteiger charge is 2.10. The predicted octanol–water partition coefficient (Wildman–Crippen LogP) is 0.759. The van der Waals surface area contributed by atoms with Crippen LogP contribution in [-0.2, 0) is 11.2 Å². The van der Waals surface area contributed by atoms with Gasteiger partial charge >= 0.3 is 5.97 Å². The molecule has 0 saturated heterocycles. The molecule has 0 fully saturated rings. The van der Waals surface area contributed by atoms with Crippen molar-refractivity contribution in [2.75, 3.05) is 0 Å². The van der Waals surface area contributed by atoms with Crippen molar-refractivity contribution in [3.8, 4) is 11.4 Å². The Labute approximate surface area is 84.6 Å². The Bertz CT molecular complexity index is 466. The minimum Gasteiger partial charge on any atom is -0.481 e. The molecule has 2 aromatic heterocycles. The molecule has 2 aromatic rings. The lowest BCUT2D eigenvalue weighted by atomic mass is 10.2. The highest BCUT2D eigenvalue weighted by molar-refractivity contribution is 5.69. The molecular formula is C9H7N3O3. The fourth-order valence-corrected chi connectivity index (χ4v) is 1.07. The molecule has 0 radical (unpaired) electrons. The fourth-order valence-electron chi connectivity index (χ4n) is 1.07. The summed E-state index contributed by atoms with van der Waals surface area (Å²) in [5, 5.41) is 12.2. The first-order chi connectivity index (χ1) is 7.25. The molecule has 0 aromatic carbocycles. The second-order valence-electron chi connectivity index (χ2n) is 2.82. The Morgan fingerprint density at radius 1 is 1.40 bits per heavy atom. The number of carboxylic acid groups (broad SMARTS) is 1. The molecule has 2 heterocycles. The van der Waals surface area contributed by atoms with Crippen molar-refractivity contribution in [2.45, 2.75) is 6.42 Å². The topological polar surface area (TPSA) is 89.1 Å². The molecule has 0 aliphatic carbocycles. The first kappa shape index (κ1) is 9.32. The van der Waals surface area contributed by atoms with Gasteiger partial charge in [-0.1, -0.05) is 5.16 Å². The molecule has 0 spiro atoms. The summed E-state index contributed by atoms with van der Waals surface area (Å²) in [6, 6.07) is 3.44. The van der Waals surface area contributed by atoms with Gasteiger partial charge in [-0.25, -0.2) is 0 Å². The standard InChI is InChI=1S/C9H7N3O3/c13-8(14)5-7-11-9(12-15-7)6-1-3-10-4-2-6/h1-4H,5H2,(H,13,14). The summed E-state index contributed by atoms with van der Waals surface area (Å²) in [7, 11) is 0. The van der Waals surface area contributed by atoms with E-state index in [4.69, 9.17) is 9.63 Å². The fraction of sp³-hybridized carbons (Fsp3) is 0.111. The van der Waals surface area contributed by atoms with E-state index in [1.54, 1.807) is 24.5 Å². The van der Waals surface area contributed by atoms with E-state index in [0.717, 1.165) is 5.56 Å². The van der Waals surface area contributed by atoms with Gasteiger partial charge in [0.15, 0.2) is 0 Å². The van der Waals surface area contributed by atoms with E-state index in [2.05, 4.69) is 15.1 Å². The number of aliphatic carboxylic acids is 1. The number of aromatic nitrogens is 3. The number of carbonyl (C=O) groups is 1. The number of hydrogen-bond donors (Lipinski definition) is 1. The van der Waals surface area contributed by atoms with Gasteiger partial charge in [0.2, 0.25) is 11.7 Å². The maximum Gasteiger partial charge on any atom is 0.312 e. The number of carboxylic acids is 1. The third-order valence-corrected chi connectivity index (χ3v) is 1.71. The molecule has 0 amide bonds. The van der Waals surface area contributed by atoms with Crippen LogP contribution in [0, 0.1) is 0 Å². The van der Waals surface area contributed by atoms with Crippen LogP contribution in [0.1, 0.15) is 5.89 Å². The van der Waals surface area contributed by atoms with Crippen LogP contribution in [0.3, 0.4) is 0 Å². The molecule has 0 bridgehead atoms. The van der Waals surface area contributed by atoms with Crippen molar-refractivity contribution in [3.05, 3.63) is 30.4 Å². The van der Waals surface area contributed by atoms with Gasteiger partial charge in [-0.3, -0.25) is 9.78 Å². The van der Waals surface area contributed by atoms with Gasteiger partial charge in [-0.2, -0.15) is 4.98 Å². The lowest BCUT2D eigenvalue weighted by Gasteiger charge is -1.89. The SMILES string of the molecule is O=C(O)Cc1nc(-c2ccncc2)no1. The molecule has 6 nitrogen and oxygen atoms in total. The minimum atomic E-state index is -1.00. The van der Waals surface area contributed by atoms with Gasteiger partial charge < -0.3 is 9.63 Å². The van der Waals surface area contributed by atoms with Crippen LogP contribution in [0.4, 0.5) is 0 Å². The molecule has 76 valence electrons. The van der Waals surface area contributed by atoms with Crippen molar-refractivity contribution in [1.82, 2.24) is 15.1 Å². The molecule has 0 aliphatic rings. The second-order valence-corrected chi connectivity index (χ2v) is 2.82. The monoisotopic (exact) mass is 205 g/mol. The third-order valence-electron chi connectivity index (χ3n) is 1.71. The van der Waals surface area contributed by atoms with Crippen LogP contribution in [0.25, 0.3) is 11.4 Å². The minimum absolute atomic E-state index is 0.0920. The Morgan fingerprint density at radius 2 is 2.13 bits per heavy atom. The molecule has 0 unspecified atom stereocenters. The summed E-state index contributed by atoms with van der Waals surface area (Å²) in [5.41, 5.74) is 0.741. The van der Waals surface area contributed by atoms with E-state index in [0.29, 0.717) is 5.82 Å². The summed E-state index contributed by atoms with van der Waals surface area (Å²) in [4.78, 5) is 18.2. The number of rotatable bonds is 3. The summed E-state index contributed by atoms with van der Waals surface area (Å²) in [6.07, 6.45) is 2.93. The average Bonchev–Trinajstić information content (AvgIpc) is 2.67. The van der Waals surface area contributed by atoms with Crippen molar-refractivity contribution in [2.24, 2.45) is 0 Å². The summed E-state index contributed by atoms with van der Waals surface area (Å²) < 4.78 is 4.77. The molecule has 1 N–H and O–H groups in total. The summed E-state index contributed by atoms with van der Waals surface area (Å²) in [5.74, 6) is -0.539. The lowest BCUT2D eigenvalue weighted by molar-refractivity contribution is -0.136. The van der Waals surface area contributed by atoms with Crippen LogP contribution in [-0.4, -0.2) is 26.2 Å². The quantitative estimate of drug-likeness (QED) is 0.795. The van der Waals surface area contributed by atoms with Crippen molar-refractivity contribution in [3.63, 3.8) is 0 Å². The largest absolute Gasteiger partial charge is 0.481 e. The van der Waals surface area contributed by atoms with Crippen LogP contribution < -0.4 is 0 Å². The number of nitrogens with zero attached hydrogens (tertiary/aromatic N) is 3. The Kier molecular flexibility index (Phi) is 2.40. The molecule has 6 heteroatoms. The van der Waals surface area contributed by atoms with Gasteiger partial charge in [-0.05, 0) is 12.1 Å². The molecule has 0 aliphatic heterocycles. The zero-order chi connectivity index (χ0) is 10.7. The van der Waals surface area contributed by atoms with E-state index in [1.807, 2.05) is 0 Å². The smallest absolute Gasteiger partial charge is 0.312 e. The molecule has 0 atom stereocenters. The van der Waals surface area contributed by atoms with Crippen LogP contribution in [0.2, 0.25) is 0 Å². The lowest BCUT2D eigenvalue weighted by Crippen LogP contribution is -1.99. The highest BCUT2D eigenvalue weighted by Crippen LogP contribution is 2.13. The Balaban J connectivity index is 2.24. The zero-order valence-corrected chi connectivity index (χ0v) is 7.62. The van der Waals surface area contributed by atoms with Gasteiger partial charge in [0.1, 0.15) is 6.42 Å². The molecular weight excluding hydrogens is 198 g/mol. The summed E-state index contributed by atoms with van der Waals surface area (Å²) in [6.45, 7) is 0. The van der Waals surface area contributed by atoms with Gasteiger partial charge in [0.05, 0.1) is 0 Å².